The van der Waals surface area contributed by atoms with Crippen molar-refractivity contribution in [1.29, 1.82) is 0 Å². The standard InChI is InChI=1S/C17H19BrClN/c1-17(2,3)12-6-4-11(5-7-12)16(20)14-10-13(19)8-9-15(14)18/h4-10,16H,20H2,1-3H3. The van der Waals surface area contributed by atoms with Gasteiger partial charge in [0.25, 0.3) is 0 Å². The van der Waals surface area contributed by atoms with E-state index in [1.165, 1.54) is 5.56 Å². The van der Waals surface area contributed by atoms with Crippen LogP contribution < -0.4 is 5.73 Å². The first kappa shape index (κ1) is 15.6. The van der Waals surface area contributed by atoms with Crippen LogP contribution in [0.3, 0.4) is 0 Å². The van der Waals surface area contributed by atoms with Crippen molar-refractivity contribution in [1.82, 2.24) is 0 Å². The molecular weight excluding hydrogens is 334 g/mol. The average Bonchev–Trinajstić information content (AvgIpc) is 2.40. The summed E-state index contributed by atoms with van der Waals surface area (Å²) in [7, 11) is 0. The first-order valence-electron chi connectivity index (χ1n) is 6.60. The van der Waals surface area contributed by atoms with E-state index in [9.17, 15) is 0 Å². The summed E-state index contributed by atoms with van der Waals surface area (Å²) in [6, 6.07) is 14.0. The fourth-order valence-electron chi connectivity index (χ4n) is 2.12. The Kier molecular flexibility index (Phi) is 4.58. The molecule has 20 heavy (non-hydrogen) atoms. The van der Waals surface area contributed by atoms with E-state index in [-0.39, 0.29) is 11.5 Å². The van der Waals surface area contributed by atoms with Crippen molar-refractivity contribution in [2.45, 2.75) is 32.2 Å². The molecule has 2 aromatic rings. The van der Waals surface area contributed by atoms with Crippen molar-refractivity contribution in [2.75, 3.05) is 0 Å². The van der Waals surface area contributed by atoms with E-state index in [2.05, 4.69) is 61.0 Å². The summed E-state index contributed by atoms with van der Waals surface area (Å²) in [4.78, 5) is 0. The summed E-state index contributed by atoms with van der Waals surface area (Å²) in [5, 5.41) is 0.699. The fourth-order valence-corrected chi connectivity index (χ4v) is 2.80. The minimum atomic E-state index is -0.183. The predicted molar refractivity (Wildman–Crippen MR) is 90.3 cm³/mol. The molecule has 0 aliphatic rings. The van der Waals surface area contributed by atoms with Crippen LogP contribution in [0.5, 0.6) is 0 Å². The second-order valence-corrected chi connectivity index (χ2v) is 7.31. The molecule has 0 spiro atoms. The molecule has 2 N–H and O–H groups in total. The number of nitrogens with two attached hydrogens (primary N) is 1. The van der Waals surface area contributed by atoms with Gasteiger partial charge in [-0.1, -0.05) is 72.6 Å². The second kappa shape index (κ2) is 5.88. The highest BCUT2D eigenvalue weighted by Gasteiger charge is 2.16. The van der Waals surface area contributed by atoms with Crippen molar-refractivity contribution >= 4 is 27.5 Å². The van der Waals surface area contributed by atoms with Gasteiger partial charge in [-0.25, -0.2) is 0 Å². The molecule has 0 aliphatic heterocycles. The SMILES string of the molecule is CC(C)(C)c1ccc(C(N)c2cc(Cl)ccc2Br)cc1. The lowest BCUT2D eigenvalue weighted by molar-refractivity contribution is 0.589. The summed E-state index contributed by atoms with van der Waals surface area (Å²) in [6.45, 7) is 6.61. The van der Waals surface area contributed by atoms with Gasteiger partial charge < -0.3 is 5.73 Å². The van der Waals surface area contributed by atoms with Gasteiger partial charge in [0.2, 0.25) is 0 Å². The average molecular weight is 353 g/mol. The molecule has 2 rings (SSSR count). The largest absolute Gasteiger partial charge is 0.320 e. The van der Waals surface area contributed by atoms with Crippen molar-refractivity contribution in [3.05, 3.63) is 68.7 Å². The Balaban J connectivity index is 2.34. The summed E-state index contributed by atoms with van der Waals surface area (Å²) in [5.41, 5.74) is 9.90. The first-order valence-corrected chi connectivity index (χ1v) is 7.77. The molecule has 0 heterocycles. The third-order valence-corrected chi connectivity index (χ3v) is 4.39. The van der Waals surface area contributed by atoms with E-state index in [4.69, 9.17) is 17.3 Å². The molecule has 0 fully saturated rings. The maximum absolute atomic E-state index is 6.36. The minimum Gasteiger partial charge on any atom is -0.320 e. The lowest BCUT2D eigenvalue weighted by Gasteiger charge is -2.21. The van der Waals surface area contributed by atoms with Gasteiger partial charge in [-0.05, 0) is 40.3 Å². The maximum atomic E-state index is 6.36. The van der Waals surface area contributed by atoms with Gasteiger partial charge in [-0.3, -0.25) is 0 Å². The number of hydrogen-bond acceptors (Lipinski definition) is 1. The molecule has 0 aliphatic carbocycles. The normalized spacial score (nSPS) is 13.3. The van der Waals surface area contributed by atoms with Gasteiger partial charge in [-0.2, -0.15) is 0 Å². The Hall–Kier alpha value is -0.830. The Morgan fingerprint density at radius 1 is 1.05 bits per heavy atom. The third kappa shape index (κ3) is 3.43. The maximum Gasteiger partial charge on any atom is 0.0563 e. The third-order valence-electron chi connectivity index (χ3n) is 3.43. The van der Waals surface area contributed by atoms with E-state index in [1.807, 2.05) is 18.2 Å². The highest BCUT2D eigenvalue weighted by molar-refractivity contribution is 9.10. The molecule has 1 unspecified atom stereocenters. The second-order valence-electron chi connectivity index (χ2n) is 6.02. The lowest BCUT2D eigenvalue weighted by Crippen LogP contribution is -2.14. The molecule has 0 radical (unpaired) electrons. The zero-order valence-corrected chi connectivity index (χ0v) is 14.3. The van der Waals surface area contributed by atoms with Crippen LogP contribution in [0.1, 0.15) is 43.5 Å². The molecular formula is C17H19BrClN. The van der Waals surface area contributed by atoms with E-state index in [1.54, 1.807) is 0 Å². The molecule has 1 nitrogen and oxygen atoms in total. The molecule has 2 aromatic carbocycles. The summed E-state index contributed by atoms with van der Waals surface area (Å²) in [6.07, 6.45) is 0. The Labute approximate surface area is 134 Å². The first-order chi connectivity index (χ1) is 9.29. The van der Waals surface area contributed by atoms with Crippen LogP contribution in [0.2, 0.25) is 5.02 Å². The Bertz CT molecular complexity index is 599. The topological polar surface area (TPSA) is 26.0 Å². The molecule has 106 valence electrons. The Morgan fingerprint density at radius 3 is 2.20 bits per heavy atom. The number of hydrogen-bond donors (Lipinski definition) is 1. The molecule has 0 saturated heterocycles. The van der Waals surface area contributed by atoms with E-state index < -0.39 is 0 Å². The molecule has 1 atom stereocenters. The van der Waals surface area contributed by atoms with Crippen LogP contribution in [0, 0.1) is 0 Å². The van der Waals surface area contributed by atoms with Crippen molar-refractivity contribution in [3.8, 4) is 0 Å². The van der Waals surface area contributed by atoms with Crippen LogP contribution in [0.15, 0.2) is 46.9 Å². The van der Waals surface area contributed by atoms with Gasteiger partial charge in [0.15, 0.2) is 0 Å². The van der Waals surface area contributed by atoms with E-state index in [0.29, 0.717) is 5.02 Å². The van der Waals surface area contributed by atoms with Crippen LogP contribution in [0.25, 0.3) is 0 Å². The predicted octanol–water partition coefficient (Wildman–Crippen LogP) is 5.45. The molecule has 0 bridgehead atoms. The molecule has 0 saturated carbocycles. The summed E-state index contributed by atoms with van der Waals surface area (Å²) in [5.74, 6) is 0. The van der Waals surface area contributed by atoms with Crippen molar-refractivity contribution in [3.63, 3.8) is 0 Å². The molecule has 0 amide bonds. The summed E-state index contributed by atoms with van der Waals surface area (Å²) < 4.78 is 0.981. The quantitative estimate of drug-likeness (QED) is 0.764. The van der Waals surface area contributed by atoms with Crippen LogP contribution in [-0.4, -0.2) is 0 Å². The highest BCUT2D eigenvalue weighted by Crippen LogP contribution is 2.30. The lowest BCUT2D eigenvalue weighted by atomic mass is 9.86. The van der Waals surface area contributed by atoms with E-state index in [0.717, 1.165) is 15.6 Å². The van der Waals surface area contributed by atoms with Gasteiger partial charge in [0.1, 0.15) is 0 Å². The molecule has 3 heteroatoms. The number of halogens is 2. The van der Waals surface area contributed by atoms with Crippen LogP contribution in [-0.2, 0) is 5.41 Å². The van der Waals surface area contributed by atoms with Gasteiger partial charge in [0, 0.05) is 9.50 Å². The Morgan fingerprint density at radius 2 is 1.65 bits per heavy atom. The van der Waals surface area contributed by atoms with Gasteiger partial charge in [0.05, 0.1) is 6.04 Å². The van der Waals surface area contributed by atoms with Gasteiger partial charge >= 0.3 is 0 Å². The van der Waals surface area contributed by atoms with Crippen LogP contribution in [0.4, 0.5) is 0 Å². The zero-order valence-electron chi connectivity index (χ0n) is 12.0. The number of rotatable bonds is 2. The fraction of sp³-hybridized carbons (Fsp3) is 0.294. The van der Waals surface area contributed by atoms with Crippen molar-refractivity contribution < 1.29 is 0 Å². The number of benzene rings is 2. The summed E-state index contributed by atoms with van der Waals surface area (Å²) >= 11 is 9.59. The zero-order chi connectivity index (χ0) is 14.9. The smallest absolute Gasteiger partial charge is 0.0563 e. The highest BCUT2D eigenvalue weighted by atomic mass is 79.9. The van der Waals surface area contributed by atoms with E-state index >= 15 is 0 Å². The monoisotopic (exact) mass is 351 g/mol. The van der Waals surface area contributed by atoms with Crippen LogP contribution >= 0.6 is 27.5 Å². The molecule has 0 aromatic heterocycles. The van der Waals surface area contributed by atoms with Crippen molar-refractivity contribution in [2.24, 2.45) is 5.73 Å². The van der Waals surface area contributed by atoms with Gasteiger partial charge in [-0.15, -0.1) is 0 Å². The minimum absolute atomic E-state index is 0.152.